The molecule has 26 heavy (non-hydrogen) atoms. The molecule has 0 saturated carbocycles. The molecule has 1 aliphatic rings. The number of likely N-dealkylation sites (N-methyl/N-ethyl adjacent to an activating group) is 1. The van der Waals surface area contributed by atoms with Crippen molar-refractivity contribution in [3.63, 3.8) is 0 Å². The molecule has 0 amide bonds. The molecule has 0 bridgehead atoms. The van der Waals surface area contributed by atoms with Gasteiger partial charge in [0.1, 0.15) is 0 Å². The van der Waals surface area contributed by atoms with Crippen LogP contribution in [0, 0.1) is 5.92 Å². The minimum absolute atomic E-state index is 0.0294. The first-order valence-corrected chi connectivity index (χ1v) is 10.9. The average molecular weight is 373 g/mol. The van der Waals surface area contributed by atoms with Crippen LogP contribution in [0.3, 0.4) is 0 Å². The van der Waals surface area contributed by atoms with Crippen molar-refractivity contribution in [2.45, 2.75) is 25.3 Å². The lowest BCUT2D eigenvalue weighted by Crippen LogP contribution is -2.36. The topological polar surface area (TPSA) is 49.4 Å². The van der Waals surface area contributed by atoms with Crippen molar-refractivity contribution in [2.75, 3.05) is 26.4 Å². The molecule has 140 valence electrons. The van der Waals surface area contributed by atoms with E-state index in [1.165, 1.54) is 11.1 Å². The van der Waals surface area contributed by atoms with Gasteiger partial charge in [-0.1, -0.05) is 54.6 Å². The Hall–Kier alpha value is -1.69. The second-order valence-corrected chi connectivity index (χ2v) is 9.32. The summed E-state index contributed by atoms with van der Waals surface area (Å²) in [5.74, 6) is 0.628. The fourth-order valence-electron chi connectivity index (χ4n) is 3.73. The maximum Gasteiger partial charge on any atom is 0.211 e. The normalized spacial score (nSPS) is 16.0. The number of hydrogen-bond acceptors (Lipinski definition) is 3. The second kappa shape index (κ2) is 8.33. The summed E-state index contributed by atoms with van der Waals surface area (Å²) in [6.07, 6.45) is 2.70. The van der Waals surface area contributed by atoms with E-state index in [-0.39, 0.29) is 11.8 Å². The summed E-state index contributed by atoms with van der Waals surface area (Å²) in [6, 6.07) is 18.5. The Morgan fingerprint density at radius 1 is 1.00 bits per heavy atom. The lowest BCUT2D eigenvalue weighted by molar-refractivity contribution is 0.299. The van der Waals surface area contributed by atoms with Gasteiger partial charge in [0, 0.05) is 12.6 Å². The number of sulfonamides is 1. The van der Waals surface area contributed by atoms with Gasteiger partial charge in [-0.2, -0.15) is 0 Å². The van der Waals surface area contributed by atoms with Gasteiger partial charge in [0.15, 0.2) is 0 Å². The quantitative estimate of drug-likeness (QED) is 0.775. The zero-order chi connectivity index (χ0) is 18.6. The van der Waals surface area contributed by atoms with Crippen LogP contribution >= 0.6 is 0 Å². The van der Waals surface area contributed by atoms with Gasteiger partial charge >= 0.3 is 0 Å². The molecule has 3 rings (SSSR count). The van der Waals surface area contributed by atoms with E-state index in [0.29, 0.717) is 18.9 Å². The SMILES string of the molecule is CN(C)C(CNS(=O)(=O)CCC1Cc2ccccc2C1)c1ccccc1. The van der Waals surface area contributed by atoms with E-state index in [9.17, 15) is 8.42 Å². The van der Waals surface area contributed by atoms with Gasteiger partial charge < -0.3 is 4.90 Å². The van der Waals surface area contributed by atoms with Crippen molar-refractivity contribution >= 4 is 10.0 Å². The Kier molecular flexibility index (Phi) is 6.12. The van der Waals surface area contributed by atoms with Crippen molar-refractivity contribution in [1.29, 1.82) is 0 Å². The van der Waals surface area contributed by atoms with Crippen LogP contribution in [0.4, 0.5) is 0 Å². The fraction of sp³-hybridized carbons (Fsp3) is 0.429. The van der Waals surface area contributed by atoms with Crippen molar-refractivity contribution < 1.29 is 8.42 Å². The lowest BCUT2D eigenvalue weighted by Gasteiger charge is -2.25. The highest BCUT2D eigenvalue weighted by Crippen LogP contribution is 2.28. The van der Waals surface area contributed by atoms with Crippen LogP contribution in [0.1, 0.15) is 29.2 Å². The summed E-state index contributed by atoms with van der Waals surface area (Å²) in [5, 5.41) is 0. The summed E-state index contributed by atoms with van der Waals surface area (Å²) >= 11 is 0. The van der Waals surface area contributed by atoms with Crippen LogP contribution < -0.4 is 4.72 Å². The summed E-state index contributed by atoms with van der Waals surface area (Å²) in [7, 11) is 0.678. The van der Waals surface area contributed by atoms with Gasteiger partial charge in [0.05, 0.1) is 5.75 Å². The highest BCUT2D eigenvalue weighted by Gasteiger charge is 2.24. The molecule has 4 nitrogen and oxygen atoms in total. The smallest absolute Gasteiger partial charge is 0.211 e. The molecule has 0 heterocycles. The van der Waals surface area contributed by atoms with Gasteiger partial charge in [-0.15, -0.1) is 0 Å². The van der Waals surface area contributed by atoms with Crippen LogP contribution in [0.15, 0.2) is 54.6 Å². The van der Waals surface area contributed by atoms with Crippen molar-refractivity contribution in [1.82, 2.24) is 9.62 Å². The Morgan fingerprint density at radius 2 is 1.58 bits per heavy atom. The molecule has 0 aromatic heterocycles. The van der Waals surface area contributed by atoms with E-state index in [1.54, 1.807) is 0 Å². The number of fused-ring (bicyclic) bond motifs is 1. The molecule has 1 unspecified atom stereocenters. The molecule has 0 radical (unpaired) electrons. The van der Waals surface area contributed by atoms with E-state index < -0.39 is 10.0 Å². The van der Waals surface area contributed by atoms with Gasteiger partial charge in [-0.3, -0.25) is 0 Å². The molecule has 2 aromatic carbocycles. The number of benzene rings is 2. The standard InChI is InChI=1S/C21H28N2O2S/c1-23(2)21(18-8-4-3-5-9-18)16-22-26(24,25)13-12-17-14-19-10-6-7-11-20(19)15-17/h3-11,17,21-22H,12-16H2,1-2H3. The lowest BCUT2D eigenvalue weighted by atomic mass is 10.0. The third-order valence-electron chi connectivity index (χ3n) is 5.23. The second-order valence-electron chi connectivity index (χ2n) is 7.39. The van der Waals surface area contributed by atoms with Crippen molar-refractivity contribution in [2.24, 2.45) is 5.92 Å². The predicted molar refractivity (Wildman–Crippen MR) is 107 cm³/mol. The van der Waals surface area contributed by atoms with Crippen LogP contribution in [0.5, 0.6) is 0 Å². The Labute approximate surface area is 157 Å². The van der Waals surface area contributed by atoms with E-state index >= 15 is 0 Å². The highest BCUT2D eigenvalue weighted by atomic mass is 32.2. The highest BCUT2D eigenvalue weighted by molar-refractivity contribution is 7.89. The number of nitrogens with zero attached hydrogens (tertiary/aromatic N) is 1. The maximum atomic E-state index is 12.5. The van der Waals surface area contributed by atoms with Crippen LogP contribution in [-0.2, 0) is 22.9 Å². The number of rotatable bonds is 8. The minimum atomic E-state index is -3.27. The Bertz CT molecular complexity index is 794. The number of nitrogens with one attached hydrogen (secondary N) is 1. The van der Waals surface area contributed by atoms with Crippen molar-refractivity contribution in [3.8, 4) is 0 Å². The minimum Gasteiger partial charge on any atom is -0.301 e. The fourth-order valence-corrected chi connectivity index (χ4v) is 4.93. The van der Waals surface area contributed by atoms with E-state index in [4.69, 9.17) is 0 Å². The van der Waals surface area contributed by atoms with Gasteiger partial charge in [-0.05, 0) is 56.0 Å². The molecule has 0 spiro atoms. The zero-order valence-electron chi connectivity index (χ0n) is 15.6. The van der Waals surface area contributed by atoms with E-state index in [1.807, 2.05) is 49.3 Å². The molecule has 2 aromatic rings. The maximum absolute atomic E-state index is 12.5. The molecule has 0 fully saturated rings. The molecule has 5 heteroatoms. The molecule has 0 saturated heterocycles. The van der Waals surface area contributed by atoms with Gasteiger partial charge in [0.2, 0.25) is 10.0 Å². The Morgan fingerprint density at radius 3 is 2.15 bits per heavy atom. The zero-order valence-corrected chi connectivity index (χ0v) is 16.4. The number of hydrogen-bond donors (Lipinski definition) is 1. The summed E-state index contributed by atoms with van der Waals surface area (Å²) in [5.41, 5.74) is 3.87. The van der Waals surface area contributed by atoms with E-state index in [0.717, 1.165) is 18.4 Å². The van der Waals surface area contributed by atoms with Gasteiger partial charge in [-0.25, -0.2) is 13.1 Å². The first-order chi connectivity index (χ1) is 12.4. The third kappa shape index (κ3) is 4.93. The first kappa shape index (κ1) is 19.1. The summed E-state index contributed by atoms with van der Waals surface area (Å²) in [4.78, 5) is 2.05. The summed E-state index contributed by atoms with van der Waals surface area (Å²) in [6.45, 7) is 0.393. The summed E-state index contributed by atoms with van der Waals surface area (Å²) < 4.78 is 27.8. The molecular formula is C21H28N2O2S. The van der Waals surface area contributed by atoms with Crippen LogP contribution in [0.2, 0.25) is 0 Å². The predicted octanol–water partition coefficient (Wildman–Crippen LogP) is 3.01. The third-order valence-corrected chi connectivity index (χ3v) is 6.61. The molecule has 1 N–H and O–H groups in total. The molecule has 1 atom stereocenters. The monoisotopic (exact) mass is 372 g/mol. The van der Waals surface area contributed by atoms with Crippen LogP contribution in [-0.4, -0.2) is 39.7 Å². The molecular weight excluding hydrogens is 344 g/mol. The van der Waals surface area contributed by atoms with Gasteiger partial charge in [0.25, 0.3) is 0 Å². The van der Waals surface area contributed by atoms with E-state index in [2.05, 4.69) is 29.0 Å². The molecule has 1 aliphatic carbocycles. The largest absolute Gasteiger partial charge is 0.301 e. The average Bonchev–Trinajstić information content (AvgIpc) is 3.04. The molecule has 0 aliphatic heterocycles. The Balaban J connectivity index is 1.52. The first-order valence-electron chi connectivity index (χ1n) is 9.20. The van der Waals surface area contributed by atoms with Crippen molar-refractivity contribution in [3.05, 3.63) is 71.3 Å². The van der Waals surface area contributed by atoms with Crippen LogP contribution in [0.25, 0.3) is 0 Å².